The first kappa shape index (κ1) is 21.4. The Hall–Kier alpha value is -1.64. The zero-order valence-corrected chi connectivity index (χ0v) is 15.9. The standard InChI is InChI=1S/C17H27NO6S/c1-13-7-9-15(10-8-13)25(21,22)23-12-14(19)6-5-11-18-16(20)24-17(2,3)4/h7-10,14,19H,5-6,11-12H2,1-4H3,(H,18,20)/t14-/m1/s1. The van der Waals surface area contributed by atoms with Crippen molar-refractivity contribution in [3.8, 4) is 0 Å². The van der Waals surface area contributed by atoms with Crippen LogP contribution in [0.5, 0.6) is 0 Å². The number of rotatable bonds is 8. The molecule has 7 nitrogen and oxygen atoms in total. The van der Waals surface area contributed by atoms with E-state index in [1.165, 1.54) is 12.1 Å². The number of amides is 1. The summed E-state index contributed by atoms with van der Waals surface area (Å²) in [7, 11) is -3.89. The van der Waals surface area contributed by atoms with Gasteiger partial charge >= 0.3 is 6.09 Å². The molecule has 1 rings (SSSR count). The lowest BCUT2D eigenvalue weighted by Gasteiger charge is -2.19. The fourth-order valence-electron chi connectivity index (χ4n) is 1.87. The summed E-state index contributed by atoms with van der Waals surface area (Å²) in [6, 6.07) is 6.27. The van der Waals surface area contributed by atoms with E-state index in [0.717, 1.165) is 5.56 Å². The highest BCUT2D eigenvalue weighted by Crippen LogP contribution is 2.14. The van der Waals surface area contributed by atoms with Crippen molar-refractivity contribution in [2.24, 2.45) is 0 Å². The van der Waals surface area contributed by atoms with Gasteiger partial charge in [-0.05, 0) is 52.7 Å². The number of alkyl carbamates (subject to hydrolysis) is 1. The number of hydrogen-bond acceptors (Lipinski definition) is 6. The molecule has 142 valence electrons. The molecule has 1 amide bonds. The molecule has 0 bridgehead atoms. The highest BCUT2D eigenvalue weighted by atomic mass is 32.2. The molecule has 0 aliphatic rings. The van der Waals surface area contributed by atoms with E-state index in [1.54, 1.807) is 32.9 Å². The van der Waals surface area contributed by atoms with Crippen molar-refractivity contribution in [3.63, 3.8) is 0 Å². The highest BCUT2D eigenvalue weighted by Gasteiger charge is 2.18. The van der Waals surface area contributed by atoms with Crippen molar-refractivity contribution >= 4 is 16.2 Å². The third kappa shape index (κ3) is 8.85. The minimum absolute atomic E-state index is 0.0527. The van der Waals surface area contributed by atoms with Crippen LogP contribution >= 0.6 is 0 Å². The second-order valence-corrected chi connectivity index (χ2v) is 8.39. The molecule has 2 N–H and O–H groups in total. The largest absolute Gasteiger partial charge is 0.444 e. The van der Waals surface area contributed by atoms with Crippen molar-refractivity contribution in [1.29, 1.82) is 0 Å². The van der Waals surface area contributed by atoms with Gasteiger partial charge in [0.2, 0.25) is 0 Å². The summed E-state index contributed by atoms with van der Waals surface area (Å²) < 4.78 is 33.9. The monoisotopic (exact) mass is 373 g/mol. The predicted molar refractivity (Wildman–Crippen MR) is 93.8 cm³/mol. The number of aliphatic hydroxyl groups excluding tert-OH is 1. The summed E-state index contributed by atoms with van der Waals surface area (Å²) >= 11 is 0. The topological polar surface area (TPSA) is 102 Å². The van der Waals surface area contributed by atoms with Gasteiger partial charge in [0.1, 0.15) is 5.60 Å². The molecule has 0 unspecified atom stereocenters. The Morgan fingerprint density at radius 2 is 1.84 bits per heavy atom. The van der Waals surface area contributed by atoms with Crippen molar-refractivity contribution in [2.75, 3.05) is 13.2 Å². The number of benzene rings is 1. The van der Waals surface area contributed by atoms with E-state index in [4.69, 9.17) is 8.92 Å². The van der Waals surface area contributed by atoms with Crippen LogP contribution in [-0.2, 0) is 19.0 Å². The molecule has 8 heteroatoms. The van der Waals surface area contributed by atoms with Crippen LogP contribution in [-0.4, -0.2) is 44.5 Å². The van der Waals surface area contributed by atoms with Gasteiger partial charge in [-0.2, -0.15) is 8.42 Å². The van der Waals surface area contributed by atoms with Crippen molar-refractivity contribution < 1.29 is 27.2 Å². The lowest BCUT2D eigenvalue weighted by molar-refractivity contribution is 0.0520. The van der Waals surface area contributed by atoms with Crippen molar-refractivity contribution in [1.82, 2.24) is 5.32 Å². The maximum Gasteiger partial charge on any atom is 0.407 e. The normalized spacial score (nSPS) is 13.3. The second-order valence-electron chi connectivity index (χ2n) is 6.78. The molecule has 0 spiro atoms. The summed E-state index contributed by atoms with van der Waals surface area (Å²) in [5, 5.41) is 12.4. The molecule has 1 aromatic rings. The van der Waals surface area contributed by atoms with Gasteiger partial charge in [-0.25, -0.2) is 4.79 Å². The van der Waals surface area contributed by atoms with E-state index in [9.17, 15) is 18.3 Å². The van der Waals surface area contributed by atoms with Crippen molar-refractivity contribution in [3.05, 3.63) is 29.8 Å². The van der Waals surface area contributed by atoms with Crippen LogP contribution in [0.2, 0.25) is 0 Å². The molecule has 0 fully saturated rings. The van der Waals surface area contributed by atoms with Gasteiger partial charge in [0.05, 0.1) is 17.6 Å². The molecule has 0 aliphatic carbocycles. The average molecular weight is 373 g/mol. The van der Waals surface area contributed by atoms with Gasteiger partial charge in [-0.1, -0.05) is 17.7 Å². The molecule has 1 aromatic carbocycles. The number of hydrogen-bond donors (Lipinski definition) is 2. The SMILES string of the molecule is Cc1ccc(S(=O)(=O)OC[C@H](O)CCCNC(=O)OC(C)(C)C)cc1. The van der Waals surface area contributed by atoms with E-state index >= 15 is 0 Å². The molecule has 0 aliphatic heterocycles. The molecule has 25 heavy (non-hydrogen) atoms. The highest BCUT2D eigenvalue weighted by molar-refractivity contribution is 7.86. The van der Waals surface area contributed by atoms with Gasteiger partial charge in [0.25, 0.3) is 10.1 Å². The van der Waals surface area contributed by atoms with Gasteiger partial charge in [0.15, 0.2) is 0 Å². The van der Waals surface area contributed by atoms with Crippen LogP contribution in [0.25, 0.3) is 0 Å². The van der Waals surface area contributed by atoms with Crippen LogP contribution in [0.15, 0.2) is 29.2 Å². The van der Waals surface area contributed by atoms with Crippen LogP contribution in [0.1, 0.15) is 39.2 Å². The molecule has 0 radical (unpaired) electrons. The van der Waals surface area contributed by atoms with Crippen LogP contribution in [0.3, 0.4) is 0 Å². The Labute approximate surface area is 149 Å². The van der Waals surface area contributed by atoms with Crippen LogP contribution in [0, 0.1) is 6.92 Å². The quantitative estimate of drug-likeness (QED) is 0.536. The first-order valence-corrected chi connectivity index (χ1v) is 9.51. The molecular formula is C17H27NO6S. The fourth-order valence-corrected chi connectivity index (χ4v) is 2.81. The van der Waals surface area contributed by atoms with Crippen LogP contribution < -0.4 is 5.32 Å². The Kier molecular flexibility index (Phi) is 7.85. The molecule has 0 saturated heterocycles. The first-order valence-electron chi connectivity index (χ1n) is 8.10. The van der Waals surface area contributed by atoms with E-state index in [0.29, 0.717) is 19.4 Å². The Balaban J connectivity index is 2.29. The smallest absolute Gasteiger partial charge is 0.407 e. The zero-order chi connectivity index (χ0) is 19.1. The third-order valence-electron chi connectivity index (χ3n) is 3.11. The van der Waals surface area contributed by atoms with Gasteiger partial charge < -0.3 is 15.2 Å². The number of ether oxygens (including phenoxy) is 1. The van der Waals surface area contributed by atoms with Crippen molar-refractivity contribution in [2.45, 2.75) is 57.1 Å². The molecule has 1 atom stereocenters. The Morgan fingerprint density at radius 1 is 1.24 bits per heavy atom. The van der Waals surface area contributed by atoms with Crippen LogP contribution in [0.4, 0.5) is 4.79 Å². The zero-order valence-electron chi connectivity index (χ0n) is 15.1. The number of aryl methyl sites for hydroxylation is 1. The first-order chi connectivity index (χ1) is 11.5. The van der Waals surface area contributed by atoms with Gasteiger partial charge in [0, 0.05) is 6.54 Å². The second kappa shape index (κ2) is 9.17. The molecule has 0 heterocycles. The maximum absolute atomic E-state index is 12.0. The summed E-state index contributed by atoms with van der Waals surface area (Å²) in [6.45, 7) is 7.14. The van der Waals surface area contributed by atoms with Gasteiger partial charge in [-0.15, -0.1) is 0 Å². The summed E-state index contributed by atoms with van der Waals surface area (Å²) in [5.74, 6) is 0. The molecule has 0 saturated carbocycles. The summed E-state index contributed by atoms with van der Waals surface area (Å²) in [6.07, 6.45) is -0.714. The van der Waals surface area contributed by atoms with E-state index < -0.39 is 27.9 Å². The average Bonchev–Trinajstić information content (AvgIpc) is 2.48. The molecule has 0 aromatic heterocycles. The lowest BCUT2D eigenvalue weighted by atomic mass is 10.2. The molecular weight excluding hydrogens is 346 g/mol. The summed E-state index contributed by atoms with van der Waals surface area (Å²) in [4.78, 5) is 11.5. The number of carbonyl (C=O) groups is 1. The van der Waals surface area contributed by atoms with E-state index in [1.807, 2.05) is 6.92 Å². The summed E-state index contributed by atoms with van der Waals surface area (Å²) in [5.41, 5.74) is 0.373. The number of nitrogens with one attached hydrogen (secondary N) is 1. The minimum Gasteiger partial charge on any atom is -0.444 e. The number of aliphatic hydroxyl groups is 1. The van der Waals surface area contributed by atoms with E-state index in [-0.39, 0.29) is 11.5 Å². The Bertz CT molecular complexity index is 649. The Morgan fingerprint density at radius 3 is 2.40 bits per heavy atom. The minimum atomic E-state index is -3.89. The third-order valence-corrected chi connectivity index (χ3v) is 4.40. The van der Waals surface area contributed by atoms with Gasteiger partial charge in [-0.3, -0.25) is 4.18 Å². The lowest BCUT2D eigenvalue weighted by Crippen LogP contribution is -2.33. The predicted octanol–water partition coefficient (Wildman–Crippen LogP) is 2.37. The number of carbonyl (C=O) groups excluding carboxylic acids is 1. The fraction of sp³-hybridized carbons (Fsp3) is 0.588. The van der Waals surface area contributed by atoms with E-state index in [2.05, 4.69) is 5.32 Å². The maximum atomic E-state index is 12.0.